The molecule has 4 aromatic rings. The Labute approximate surface area is 186 Å². The molecule has 0 aliphatic carbocycles. The van der Waals surface area contributed by atoms with Crippen LogP contribution < -0.4 is 9.86 Å². The van der Waals surface area contributed by atoms with E-state index in [-0.39, 0.29) is 10.5 Å². The first-order chi connectivity index (χ1) is 14.9. The Morgan fingerprint density at radius 2 is 1.81 bits per heavy atom. The molecule has 0 saturated heterocycles. The maximum absolute atomic E-state index is 13.3. The maximum atomic E-state index is 13.3. The highest BCUT2D eigenvalue weighted by Crippen LogP contribution is 2.32. The Balaban J connectivity index is 1.56. The maximum Gasteiger partial charge on any atom is 0.277 e. The number of benzene rings is 3. The van der Waals surface area contributed by atoms with Crippen LogP contribution in [0.15, 0.2) is 80.9 Å². The third-order valence-electron chi connectivity index (χ3n) is 5.37. The van der Waals surface area contributed by atoms with E-state index in [1.807, 2.05) is 12.1 Å². The number of nitrogens with zero attached hydrogens (tertiary/aromatic N) is 2. The number of halogens is 1. The SMILES string of the molecule is O=C(c1cccc(S(=O)(=O)N2CCc3ccccc32)c1)n1[nH]c(=O)c2cc(Br)ccc21. The lowest BCUT2D eigenvalue weighted by molar-refractivity contribution is 0.0949. The van der Waals surface area contributed by atoms with E-state index in [1.165, 1.54) is 28.6 Å². The van der Waals surface area contributed by atoms with Crippen molar-refractivity contribution in [1.29, 1.82) is 0 Å². The number of nitrogens with one attached hydrogen (secondary N) is 1. The molecule has 3 aromatic carbocycles. The molecule has 0 amide bonds. The number of hydrogen-bond acceptors (Lipinski definition) is 4. The van der Waals surface area contributed by atoms with Crippen LogP contribution in [0.5, 0.6) is 0 Å². The predicted molar refractivity (Wildman–Crippen MR) is 121 cm³/mol. The standard InChI is InChI=1S/C22H16BrN3O4S/c23-16-8-9-20-18(13-16)21(27)24-26(20)22(28)15-5-3-6-17(12-15)31(29,30)25-11-10-14-4-1-2-7-19(14)25/h1-9,12-13H,10-11H2,(H,24,27). The highest BCUT2D eigenvalue weighted by atomic mass is 79.9. The Hall–Kier alpha value is -3.17. The lowest BCUT2D eigenvalue weighted by atomic mass is 10.2. The largest absolute Gasteiger partial charge is 0.277 e. The van der Waals surface area contributed by atoms with Gasteiger partial charge in [0.25, 0.3) is 21.5 Å². The third-order valence-corrected chi connectivity index (χ3v) is 7.68. The number of H-pyrrole nitrogens is 1. The molecule has 1 aromatic heterocycles. The summed E-state index contributed by atoms with van der Waals surface area (Å²) in [6, 6.07) is 18.3. The van der Waals surface area contributed by atoms with Crippen LogP contribution in [-0.4, -0.2) is 30.7 Å². The van der Waals surface area contributed by atoms with Crippen LogP contribution in [0.25, 0.3) is 10.9 Å². The zero-order valence-corrected chi connectivity index (χ0v) is 18.5. The topological polar surface area (TPSA) is 92.2 Å². The van der Waals surface area contributed by atoms with Crippen molar-refractivity contribution in [3.63, 3.8) is 0 Å². The van der Waals surface area contributed by atoms with Gasteiger partial charge in [-0.3, -0.25) is 19.0 Å². The molecule has 0 fully saturated rings. The van der Waals surface area contributed by atoms with Gasteiger partial charge in [-0.05, 0) is 54.4 Å². The fourth-order valence-electron chi connectivity index (χ4n) is 3.87. The van der Waals surface area contributed by atoms with E-state index in [0.29, 0.717) is 29.6 Å². The van der Waals surface area contributed by atoms with Crippen molar-refractivity contribution in [2.24, 2.45) is 0 Å². The molecule has 1 aliphatic heterocycles. The first-order valence-corrected chi connectivity index (χ1v) is 11.8. The fraction of sp³-hybridized carbons (Fsp3) is 0.0909. The Morgan fingerprint density at radius 1 is 1.00 bits per heavy atom. The Bertz CT molecular complexity index is 1520. The summed E-state index contributed by atoms with van der Waals surface area (Å²) in [6.45, 7) is 0.351. The van der Waals surface area contributed by atoms with Gasteiger partial charge < -0.3 is 0 Å². The van der Waals surface area contributed by atoms with Gasteiger partial charge in [-0.2, -0.15) is 0 Å². The highest BCUT2D eigenvalue weighted by Gasteiger charge is 2.31. The van der Waals surface area contributed by atoms with Gasteiger partial charge in [0.15, 0.2) is 0 Å². The molecule has 1 aliphatic rings. The number of fused-ring (bicyclic) bond motifs is 2. The van der Waals surface area contributed by atoms with Crippen LogP contribution in [-0.2, 0) is 16.4 Å². The second-order valence-corrected chi connectivity index (χ2v) is 10.0. The number of hydrogen-bond donors (Lipinski definition) is 1. The number of anilines is 1. The second-order valence-electron chi connectivity index (χ2n) is 7.23. The lowest BCUT2D eigenvalue weighted by Gasteiger charge is -2.20. The summed E-state index contributed by atoms with van der Waals surface area (Å²) in [5.74, 6) is -0.520. The van der Waals surface area contributed by atoms with Gasteiger partial charge in [0.05, 0.1) is 21.5 Å². The molecule has 2 heterocycles. The lowest BCUT2D eigenvalue weighted by Crippen LogP contribution is -2.29. The van der Waals surface area contributed by atoms with Crippen molar-refractivity contribution in [1.82, 2.24) is 9.78 Å². The van der Waals surface area contributed by atoms with E-state index in [1.54, 1.807) is 30.3 Å². The van der Waals surface area contributed by atoms with E-state index >= 15 is 0 Å². The zero-order chi connectivity index (χ0) is 21.8. The van der Waals surface area contributed by atoms with Crippen LogP contribution in [0.3, 0.4) is 0 Å². The summed E-state index contributed by atoms with van der Waals surface area (Å²) in [5.41, 5.74) is 1.80. The number of aromatic amines is 1. The molecule has 9 heteroatoms. The average Bonchev–Trinajstić information content (AvgIpc) is 3.35. The van der Waals surface area contributed by atoms with Gasteiger partial charge in [-0.1, -0.05) is 40.2 Å². The minimum absolute atomic E-state index is 0.0246. The van der Waals surface area contributed by atoms with Gasteiger partial charge in [-0.15, -0.1) is 0 Å². The van der Waals surface area contributed by atoms with Crippen LogP contribution in [0, 0.1) is 0 Å². The van der Waals surface area contributed by atoms with Gasteiger partial charge >= 0.3 is 0 Å². The second kappa shape index (κ2) is 7.21. The van der Waals surface area contributed by atoms with E-state index < -0.39 is 21.5 Å². The number of aromatic nitrogens is 2. The molecule has 0 spiro atoms. The molecule has 156 valence electrons. The average molecular weight is 498 g/mol. The van der Waals surface area contributed by atoms with Crippen LogP contribution in [0.1, 0.15) is 15.9 Å². The number of carbonyl (C=O) groups excluding carboxylic acids is 1. The van der Waals surface area contributed by atoms with Crippen LogP contribution in [0.2, 0.25) is 0 Å². The van der Waals surface area contributed by atoms with Crippen molar-refractivity contribution in [2.75, 3.05) is 10.8 Å². The van der Waals surface area contributed by atoms with Crippen molar-refractivity contribution in [3.05, 3.63) is 92.7 Å². The fourth-order valence-corrected chi connectivity index (χ4v) is 5.78. The van der Waals surface area contributed by atoms with Crippen LogP contribution in [0.4, 0.5) is 5.69 Å². The monoisotopic (exact) mass is 497 g/mol. The smallest absolute Gasteiger partial charge is 0.267 e. The number of carbonyl (C=O) groups is 1. The molecule has 0 atom stereocenters. The molecule has 7 nitrogen and oxygen atoms in total. The minimum Gasteiger partial charge on any atom is -0.267 e. The normalized spacial score (nSPS) is 13.5. The van der Waals surface area contributed by atoms with Gasteiger partial charge in [0, 0.05) is 16.6 Å². The molecule has 31 heavy (non-hydrogen) atoms. The molecular formula is C22H16BrN3O4S. The molecule has 1 N–H and O–H groups in total. The van der Waals surface area contributed by atoms with E-state index in [2.05, 4.69) is 21.0 Å². The number of rotatable bonds is 3. The van der Waals surface area contributed by atoms with Gasteiger partial charge in [-0.25, -0.2) is 13.1 Å². The summed E-state index contributed by atoms with van der Waals surface area (Å²) in [6.07, 6.45) is 0.639. The molecule has 5 rings (SSSR count). The highest BCUT2D eigenvalue weighted by molar-refractivity contribution is 9.10. The van der Waals surface area contributed by atoms with Gasteiger partial charge in [0.1, 0.15) is 0 Å². The van der Waals surface area contributed by atoms with Crippen molar-refractivity contribution in [3.8, 4) is 0 Å². The minimum atomic E-state index is -3.84. The third kappa shape index (κ3) is 3.21. The molecular weight excluding hydrogens is 482 g/mol. The Kier molecular flexibility index (Phi) is 4.60. The van der Waals surface area contributed by atoms with E-state index in [0.717, 1.165) is 14.7 Å². The summed E-state index contributed by atoms with van der Waals surface area (Å²) >= 11 is 3.31. The summed E-state index contributed by atoms with van der Waals surface area (Å²) in [4.78, 5) is 25.4. The summed E-state index contributed by atoms with van der Waals surface area (Å²) < 4.78 is 29.8. The van der Waals surface area contributed by atoms with E-state index in [4.69, 9.17) is 0 Å². The quantitative estimate of drug-likeness (QED) is 0.468. The van der Waals surface area contributed by atoms with Gasteiger partial charge in [0.2, 0.25) is 0 Å². The Morgan fingerprint density at radius 3 is 2.65 bits per heavy atom. The first-order valence-electron chi connectivity index (χ1n) is 9.52. The summed E-state index contributed by atoms with van der Waals surface area (Å²) in [7, 11) is -3.84. The number of para-hydroxylation sites is 1. The summed E-state index contributed by atoms with van der Waals surface area (Å²) in [5, 5.41) is 2.90. The first kappa shape index (κ1) is 19.8. The van der Waals surface area contributed by atoms with E-state index in [9.17, 15) is 18.0 Å². The van der Waals surface area contributed by atoms with Crippen molar-refractivity contribution < 1.29 is 13.2 Å². The van der Waals surface area contributed by atoms with Crippen molar-refractivity contribution >= 4 is 48.5 Å². The molecule has 0 unspecified atom stereocenters. The van der Waals surface area contributed by atoms with Crippen molar-refractivity contribution in [2.45, 2.75) is 11.3 Å². The molecule has 0 saturated carbocycles. The molecule has 0 bridgehead atoms. The zero-order valence-electron chi connectivity index (χ0n) is 16.1. The number of sulfonamides is 1. The van der Waals surface area contributed by atoms with Crippen LogP contribution >= 0.6 is 15.9 Å². The predicted octanol–water partition coefficient (Wildman–Crippen LogP) is 3.53. The molecule has 0 radical (unpaired) electrons.